The first-order valence-electron chi connectivity index (χ1n) is 4.57. The van der Waals surface area contributed by atoms with Crippen molar-refractivity contribution in [3.05, 3.63) is 35.4 Å². The predicted octanol–water partition coefficient (Wildman–Crippen LogP) is 1.89. The number of ether oxygens (including phenoxy) is 1. The smallest absolute Gasteiger partial charge is 0.0716 e. The van der Waals surface area contributed by atoms with E-state index in [4.69, 9.17) is 9.84 Å². The van der Waals surface area contributed by atoms with E-state index in [0.29, 0.717) is 19.6 Å². The Balaban J connectivity index is 2.25. The van der Waals surface area contributed by atoms with Crippen molar-refractivity contribution in [2.45, 2.75) is 20.0 Å². The fourth-order valence-electron chi connectivity index (χ4n) is 1.04. The van der Waals surface area contributed by atoms with Gasteiger partial charge in [0.1, 0.15) is 0 Å². The largest absolute Gasteiger partial charge is 0.396 e. The molecule has 0 aliphatic carbocycles. The van der Waals surface area contributed by atoms with E-state index in [1.54, 1.807) is 0 Å². The van der Waals surface area contributed by atoms with Gasteiger partial charge in [-0.05, 0) is 18.9 Å². The summed E-state index contributed by atoms with van der Waals surface area (Å²) in [6, 6.07) is 8.28. The molecule has 0 aliphatic rings. The second-order valence-electron chi connectivity index (χ2n) is 3.12. The summed E-state index contributed by atoms with van der Waals surface area (Å²) >= 11 is 0. The zero-order chi connectivity index (χ0) is 9.52. The fourth-order valence-corrected chi connectivity index (χ4v) is 1.04. The minimum Gasteiger partial charge on any atom is -0.396 e. The number of aliphatic hydroxyl groups is 1. The van der Waals surface area contributed by atoms with Gasteiger partial charge in [0.2, 0.25) is 0 Å². The van der Waals surface area contributed by atoms with E-state index in [0.717, 1.165) is 0 Å². The van der Waals surface area contributed by atoms with Gasteiger partial charge in [0, 0.05) is 13.2 Å². The molecule has 13 heavy (non-hydrogen) atoms. The highest BCUT2D eigenvalue weighted by Crippen LogP contribution is 2.04. The molecular weight excluding hydrogens is 164 g/mol. The summed E-state index contributed by atoms with van der Waals surface area (Å²) in [5.74, 6) is 0. The Kier molecular flexibility index (Phi) is 4.50. The molecule has 0 fully saturated rings. The van der Waals surface area contributed by atoms with Crippen LogP contribution in [0.4, 0.5) is 0 Å². The summed E-state index contributed by atoms with van der Waals surface area (Å²) in [6.45, 7) is 3.54. The molecule has 0 radical (unpaired) electrons. The van der Waals surface area contributed by atoms with Crippen molar-refractivity contribution in [3.8, 4) is 0 Å². The Morgan fingerprint density at radius 2 is 1.92 bits per heavy atom. The van der Waals surface area contributed by atoms with Crippen LogP contribution in [-0.4, -0.2) is 18.3 Å². The summed E-state index contributed by atoms with van der Waals surface area (Å²) in [5, 5.41) is 8.52. The Bertz CT molecular complexity index is 228. The predicted molar refractivity (Wildman–Crippen MR) is 52.5 cm³/mol. The summed E-state index contributed by atoms with van der Waals surface area (Å²) in [6.07, 6.45) is 0.714. The zero-order valence-electron chi connectivity index (χ0n) is 7.99. The van der Waals surface area contributed by atoms with Crippen molar-refractivity contribution in [1.82, 2.24) is 0 Å². The van der Waals surface area contributed by atoms with Crippen molar-refractivity contribution in [2.75, 3.05) is 13.2 Å². The Morgan fingerprint density at radius 1 is 1.23 bits per heavy atom. The van der Waals surface area contributed by atoms with Crippen LogP contribution < -0.4 is 0 Å². The number of rotatable bonds is 5. The standard InChI is InChI=1S/C11H16O2/c1-10-3-5-11(6-4-10)9-13-8-2-7-12/h3-6,12H,2,7-9H2,1H3. The summed E-state index contributed by atoms with van der Waals surface area (Å²) in [5.41, 5.74) is 2.45. The monoisotopic (exact) mass is 180 g/mol. The lowest BCUT2D eigenvalue weighted by Gasteiger charge is -2.03. The minimum atomic E-state index is 0.202. The van der Waals surface area contributed by atoms with Gasteiger partial charge >= 0.3 is 0 Å². The van der Waals surface area contributed by atoms with Gasteiger partial charge in [0.05, 0.1) is 6.61 Å². The van der Waals surface area contributed by atoms with Crippen LogP contribution in [0, 0.1) is 6.92 Å². The fraction of sp³-hybridized carbons (Fsp3) is 0.455. The van der Waals surface area contributed by atoms with Gasteiger partial charge in [0.15, 0.2) is 0 Å². The number of aliphatic hydroxyl groups excluding tert-OH is 1. The molecular formula is C11H16O2. The van der Waals surface area contributed by atoms with Crippen molar-refractivity contribution >= 4 is 0 Å². The average Bonchev–Trinajstić information content (AvgIpc) is 2.15. The van der Waals surface area contributed by atoms with E-state index in [-0.39, 0.29) is 6.61 Å². The van der Waals surface area contributed by atoms with E-state index >= 15 is 0 Å². The molecule has 0 aromatic heterocycles. The zero-order valence-corrected chi connectivity index (χ0v) is 7.99. The SMILES string of the molecule is Cc1ccc(COCCCO)cc1. The maximum Gasteiger partial charge on any atom is 0.0716 e. The molecule has 1 aromatic carbocycles. The van der Waals surface area contributed by atoms with Gasteiger partial charge in [-0.15, -0.1) is 0 Å². The maximum atomic E-state index is 8.52. The molecule has 0 bridgehead atoms. The third kappa shape index (κ3) is 4.06. The summed E-state index contributed by atoms with van der Waals surface area (Å²) in [4.78, 5) is 0. The molecule has 0 heterocycles. The van der Waals surface area contributed by atoms with E-state index in [1.165, 1.54) is 11.1 Å². The van der Waals surface area contributed by atoms with Gasteiger partial charge in [-0.3, -0.25) is 0 Å². The lowest BCUT2D eigenvalue weighted by molar-refractivity contribution is 0.104. The molecule has 0 saturated carbocycles. The highest BCUT2D eigenvalue weighted by atomic mass is 16.5. The average molecular weight is 180 g/mol. The number of hydrogen-bond donors (Lipinski definition) is 1. The van der Waals surface area contributed by atoms with E-state index in [1.807, 2.05) is 0 Å². The highest BCUT2D eigenvalue weighted by Gasteiger charge is 1.92. The van der Waals surface area contributed by atoms with Crippen LogP contribution in [0.25, 0.3) is 0 Å². The second kappa shape index (κ2) is 5.73. The molecule has 72 valence electrons. The third-order valence-electron chi connectivity index (χ3n) is 1.84. The Hall–Kier alpha value is -0.860. The molecule has 2 heteroatoms. The van der Waals surface area contributed by atoms with Crippen molar-refractivity contribution < 1.29 is 9.84 Å². The van der Waals surface area contributed by atoms with Crippen LogP contribution >= 0.6 is 0 Å². The number of hydrogen-bond acceptors (Lipinski definition) is 2. The van der Waals surface area contributed by atoms with Crippen LogP contribution in [0.5, 0.6) is 0 Å². The molecule has 0 saturated heterocycles. The Labute approximate surface area is 79.2 Å². The van der Waals surface area contributed by atoms with Crippen LogP contribution in [0.3, 0.4) is 0 Å². The number of benzene rings is 1. The third-order valence-corrected chi connectivity index (χ3v) is 1.84. The minimum absolute atomic E-state index is 0.202. The first-order chi connectivity index (χ1) is 6.33. The van der Waals surface area contributed by atoms with Crippen molar-refractivity contribution in [3.63, 3.8) is 0 Å². The quantitative estimate of drug-likeness (QED) is 0.701. The topological polar surface area (TPSA) is 29.5 Å². The molecule has 0 amide bonds. The molecule has 1 N–H and O–H groups in total. The van der Waals surface area contributed by atoms with Crippen LogP contribution in [-0.2, 0) is 11.3 Å². The molecule has 1 aromatic rings. The molecule has 0 unspecified atom stereocenters. The molecule has 0 spiro atoms. The van der Waals surface area contributed by atoms with Gasteiger partial charge < -0.3 is 9.84 Å². The van der Waals surface area contributed by atoms with Gasteiger partial charge in [0.25, 0.3) is 0 Å². The first kappa shape index (κ1) is 10.2. The maximum absolute atomic E-state index is 8.52. The van der Waals surface area contributed by atoms with E-state index in [9.17, 15) is 0 Å². The molecule has 2 nitrogen and oxygen atoms in total. The highest BCUT2D eigenvalue weighted by molar-refractivity contribution is 5.20. The van der Waals surface area contributed by atoms with Crippen molar-refractivity contribution in [2.24, 2.45) is 0 Å². The number of aryl methyl sites for hydroxylation is 1. The normalized spacial score (nSPS) is 10.3. The van der Waals surface area contributed by atoms with E-state index in [2.05, 4.69) is 31.2 Å². The lowest BCUT2D eigenvalue weighted by Crippen LogP contribution is -1.97. The van der Waals surface area contributed by atoms with Crippen LogP contribution in [0.1, 0.15) is 17.5 Å². The van der Waals surface area contributed by atoms with Crippen LogP contribution in [0.15, 0.2) is 24.3 Å². The van der Waals surface area contributed by atoms with Gasteiger partial charge in [-0.1, -0.05) is 29.8 Å². The first-order valence-corrected chi connectivity index (χ1v) is 4.57. The molecule has 1 rings (SSSR count). The summed E-state index contributed by atoms with van der Waals surface area (Å²) < 4.78 is 5.34. The lowest BCUT2D eigenvalue weighted by atomic mass is 10.2. The molecule has 0 aliphatic heterocycles. The van der Waals surface area contributed by atoms with Crippen molar-refractivity contribution in [1.29, 1.82) is 0 Å². The second-order valence-corrected chi connectivity index (χ2v) is 3.12. The van der Waals surface area contributed by atoms with Crippen LogP contribution in [0.2, 0.25) is 0 Å². The van der Waals surface area contributed by atoms with Gasteiger partial charge in [-0.2, -0.15) is 0 Å². The van der Waals surface area contributed by atoms with E-state index < -0.39 is 0 Å². The van der Waals surface area contributed by atoms with Gasteiger partial charge in [-0.25, -0.2) is 0 Å². The molecule has 0 atom stereocenters. The Morgan fingerprint density at radius 3 is 2.54 bits per heavy atom. The summed E-state index contributed by atoms with van der Waals surface area (Å²) in [7, 11) is 0.